The van der Waals surface area contributed by atoms with Crippen LogP contribution in [0.15, 0.2) is 18.2 Å². The van der Waals surface area contributed by atoms with Gasteiger partial charge in [0.2, 0.25) is 0 Å². The van der Waals surface area contributed by atoms with Crippen molar-refractivity contribution in [1.29, 1.82) is 0 Å². The Morgan fingerprint density at radius 1 is 1.18 bits per heavy atom. The molecule has 0 atom stereocenters. The van der Waals surface area contributed by atoms with E-state index in [9.17, 15) is 0 Å². The van der Waals surface area contributed by atoms with Gasteiger partial charge in [-0.2, -0.15) is 0 Å². The highest BCUT2D eigenvalue weighted by Crippen LogP contribution is 2.07. The van der Waals surface area contributed by atoms with E-state index < -0.39 is 0 Å². The maximum atomic E-state index is 5.57. The number of pyridine rings is 1. The highest BCUT2D eigenvalue weighted by atomic mass is 15.3. The third-order valence-electron chi connectivity index (χ3n) is 3.24. The van der Waals surface area contributed by atoms with Crippen LogP contribution in [0.4, 0.5) is 0 Å². The van der Waals surface area contributed by atoms with Crippen LogP contribution in [0, 0.1) is 6.92 Å². The van der Waals surface area contributed by atoms with Crippen molar-refractivity contribution in [1.82, 2.24) is 14.8 Å². The van der Waals surface area contributed by atoms with E-state index in [-0.39, 0.29) is 0 Å². The lowest BCUT2D eigenvalue weighted by atomic mass is 10.2. The second kappa shape index (κ2) is 6.10. The molecule has 2 rings (SSSR count). The highest BCUT2D eigenvalue weighted by Gasteiger charge is 2.16. The van der Waals surface area contributed by atoms with Gasteiger partial charge >= 0.3 is 0 Å². The molecule has 0 saturated carbocycles. The predicted molar refractivity (Wildman–Crippen MR) is 69.7 cm³/mol. The van der Waals surface area contributed by atoms with Gasteiger partial charge in [0.25, 0.3) is 0 Å². The summed E-state index contributed by atoms with van der Waals surface area (Å²) in [6, 6.07) is 6.24. The van der Waals surface area contributed by atoms with Gasteiger partial charge in [-0.05, 0) is 19.1 Å². The summed E-state index contributed by atoms with van der Waals surface area (Å²) in [5.74, 6) is 0. The predicted octanol–water partition coefficient (Wildman–Crippen LogP) is 0.466. The van der Waals surface area contributed by atoms with Crippen molar-refractivity contribution >= 4 is 0 Å². The van der Waals surface area contributed by atoms with Crippen molar-refractivity contribution in [3.63, 3.8) is 0 Å². The van der Waals surface area contributed by atoms with Crippen LogP contribution in [0.5, 0.6) is 0 Å². The van der Waals surface area contributed by atoms with Crippen LogP contribution in [-0.4, -0.2) is 54.1 Å². The molecule has 2 N–H and O–H groups in total. The molecule has 17 heavy (non-hydrogen) atoms. The Kier molecular flexibility index (Phi) is 4.48. The normalized spacial score (nSPS) is 18.5. The topological polar surface area (TPSA) is 45.4 Å². The molecular formula is C13H22N4. The van der Waals surface area contributed by atoms with Gasteiger partial charge in [0.15, 0.2) is 0 Å². The average Bonchev–Trinajstić information content (AvgIpc) is 2.32. The molecule has 1 aliphatic heterocycles. The molecule has 1 aliphatic rings. The van der Waals surface area contributed by atoms with Crippen LogP contribution in [0.3, 0.4) is 0 Å². The lowest BCUT2D eigenvalue weighted by Gasteiger charge is -2.34. The quantitative estimate of drug-likeness (QED) is 0.822. The van der Waals surface area contributed by atoms with Crippen LogP contribution in [0.1, 0.15) is 11.4 Å². The number of piperazine rings is 1. The van der Waals surface area contributed by atoms with Crippen LogP contribution < -0.4 is 5.73 Å². The lowest BCUT2D eigenvalue weighted by molar-refractivity contribution is 0.128. The number of hydrogen-bond donors (Lipinski definition) is 1. The summed E-state index contributed by atoms with van der Waals surface area (Å²) in [4.78, 5) is 9.45. The summed E-state index contributed by atoms with van der Waals surface area (Å²) in [5.41, 5.74) is 7.85. The molecule has 1 saturated heterocycles. The van der Waals surface area contributed by atoms with Gasteiger partial charge in [-0.25, -0.2) is 0 Å². The first-order valence-electron chi connectivity index (χ1n) is 6.35. The second-order valence-electron chi connectivity index (χ2n) is 4.68. The van der Waals surface area contributed by atoms with Crippen LogP contribution in [-0.2, 0) is 6.54 Å². The minimum atomic E-state index is 0.763. The molecule has 0 bridgehead atoms. The van der Waals surface area contributed by atoms with Gasteiger partial charge in [0.05, 0.1) is 5.69 Å². The Balaban J connectivity index is 1.82. The molecule has 0 unspecified atom stereocenters. The number of nitrogens with two attached hydrogens (primary N) is 1. The van der Waals surface area contributed by atoms with Crippen molar-refractivity contribution < 1.29 is 0 Å². The summed E-state index contributed by atoms with van der Waals surface area (Å²) in [6.45, 7) is 9.30. The van der Waals surface area contributed by atoms with Crippen LogP contribution >= 0.6 is 0 Å². The third-order valence-corrected chi connectivity index (χ3v) is 3.24. The number of aryl methyl sites for hydroxylation is 1. The van der Waals surface area contributed by atoms with Gasteiger partial charge < -0.3 is 5.73 Å². The van der Waals surface area contributed by atoms with E-state index >= 15 is 0 Å². The second-order valence-corrected chi connectivity index (χ2v) is 4.68. The molecule has 2 heterocycles. The minimum Gasteiger partial charge on any atom is -0.329 e. The molecule has 1 fully saturated rings. The first-order valence-corrected chi connectivity index (χ1v) is 6.35. The van der Waals surface area contributed by atoms with E-state index in [1.807, 2.05) is 13.0 Å². The highest BCUT2D eigenvalue weighted by molar-refractivity contribution is 5.09. The first-order chi connectivity index (χ1) is 8.28. The van der Waals surface area contributed by atoms with E-state index in [1.165, 1.54) is 5.69 Å². The molecule has 0 spiro atoms. The number of nitrogens with zero attached hydrogens (tertiary/aromatic N) is 3. The standard InChI is InChI=1S/C13H22N4/c1-12-3-2-4-13(15-12)11-17-9-7-16(6-5-14)8-10-17/h2-4H,5-11,14H2,1H3. The maximum Gasteiger partial charge on any atom is 0.0547 e. The van der Waals surface area contributed by atoms with Crippen molar-refractivity contribution in [3.05, 3.63) is 29.6 Å². The molecule has 1 aromatic rings. The third kappa shape index (κ3) is 3.77. The molecule has 0 radical (unpaired) electrons. The average molecular weight is 234 g/mol. The Labute approximate surface area is 103 Å². The van der Waals surface area contributed by atoms with Crippen LogP contribution in [0.25, 0.3) is 0 Å². The van der Waals surface area contributed by atoms with Gasteiger partial charge in [0.1, 0.15) is 0 Å². The van der Waals surface area contributed by atoms with Gasteiger partial charge in [-0.1, -0.05) is 6.07 Å². The molecule has 1 aromatic heterocycles. The number of aromatic nitrogens is 1. The van der Waals surface area contributed by atoms with E-state index in [0.29, 0.717) is 0 Å². The van der Waals surface area contributed by atoms with E-state index in [4.69, 9.17) is 5.73 Å². The van der Waals surface area contributed by atoms with Crippen molar-refractivity contribution in [2.45, 2.75) is 13.5 Å². The Morgan fingerprint density at radius 2 is 1.88 bits per heavy atom. The smallest absolute Gasteiger partial charge is 0.0547 e. The SMILES string of the molecule is Cc1cccc(CN2CCN(CCN)CC2)n1. The maximum absolute atomic E-state index is 5.57. The zero-order chi connectivity index (χ0) is 12.1. The fourth-order valence-corrected chi connectivity index (χ4v) is 2.27. The monoisotopic (exact) mass is 234 g/mol. The largest absolute Gasteiger partial charge is 0.329 e. The summed E-state index contributed by atoms with van der Waals surface area (Å²) in [6.07, 6.45) is 0. The van der Waals surface area contributed by atoms with Gasteiger partial charge in [-0.15, -0.1) is 0 Å². The van der Waals surface area contributed by atoms with Crippen LogP contribution in [0.2, 0.25) is 0 Å². The lowest BCUT2D eigenvalue weighted by Crippen LogP contribution is -2.47. The molecule has 0 amide bonds. The van der Waals surface area contributed by atoms with E-state index in [0.717, 1.165) is 51.5 Å². The van der Waals surface area contributed by atoms with Crippen molar-refractivity contribution in [2.24, 2.45) is 5.73 Å². The number of rotatable bonds is 4. The fourth-order valence-electron chi connectivity index (χ4n) is 2.27. The van der Waals surface area contributed by atoms with E-state index in [2.05, 4.69) is 26.9 Å². The molecule has 4 nitrogen and oxygen atoms in total. The summed E-state index contributed by atoms with van der Waals surface area (Å²) >= 11 is 0. The summed E-state index contributed by atoms with van der Waals surface area (Å²) < 4.78 is 0. The summed E-state index contributed by atoms with van der Waals surface area (Å²) in [7, 11) is 0. The van der Waals surface area contributed by atoms with Crippen molar-refractivity contribution in [2.75, 3.05) is 39.3 Å². The van der Waals surface area contributed by atoms with E-state index in [1.54, 1.807) is 0 Å². The molecule has 4 heteroatoms. The Bertz CT molecular complexity index is 345. The summed E-state index contributed by atoms with van der Waals surface area (Å²) in [5, 5.41) is 0. The zero-order valence-electron chi connectivity index (χ0n) is 10.6. The molecule has 94 valence electrons. The first kappa shape index (κ1) is 12.5. The molecular weight excluding hydrogens is 212 g/mol. The zero-order valence-corrected chi connectivity index (χ0v) is 10.6. The Hall–Kier alpha value is -0.970. The van der Waals surface area contributed by atoms with Crippen molar-refractivity contribution in [3.8, 4) is 0 Å². The molecule has 0 aliphatic carbocycles. The van der Waals surface area contributed by atoms with Gasteiger partial charge in [-0.3, -0.25) is 14.8 Å². The minimum absolute atomic E-state index is 0.763. The Morgan fingerprint density at radius 3 is 2.53 bits per heavy atom. The molecule has 0 aromatic carbocycles. The van der Waals surface area contributed by atoms with Gasteiger partial charge in [0, 0.05) is 51.5 Å². The fraction of sp³-hybridized carbons (Fsp3) is 0.615. The number of hydrogen-bond acceptors (Lipinski definition) is 4.